The average molecular weight is 352 g/mol. The van der Waals surface area contributed by atoms with Crippen LogP contribution in [0.2, 0.25) is 0 Å². The van der Waals surface area contributed by atoms with Crippen LogP contribution in [0.25, 0.3) is 0 Å². The standard InChI is InChI=1S/C20H24N4O2/c1-23-12-15(14-5-3-2-4-6-14)19-17(23)13-24(10-7-18(19)25)20(26)16-11-21-8-9-22-16/h2-6,8-9,11,15,17-19,25H,7,10,12-13H2,1H3/t15-,17+,18+,19-/m0/s1. The van der Waals surface area contributed by atoms with E-state index < -0.39 is 6.10 Å². The Hall–Kier alpha value is -2.31. The Morgan fingerprint density at radius 1 is 1.19 bits per heavy atom. The van der Waals surface area contributed by atoms with Gasteiger partial charge in [0.1, 0.15) is 5.69 Å². The number of likely N-dealkylation sites (tertiary alicyclic amines) is 2. The molecule has 2 aromatic rings. The minimum Gasteiger partial charge on any atom is -0.393 e. The van der Waals surface area contributed by atoms with E-state index in [0.29, 0.717) is 25.2 Å². The first-order chi connectivity index (χ1) is 12.6. The lowest BCUT2D eigenvalue weighted by Crippen LogP contribution is -2.43. The summed E-state index contributed by atoms with van der Waals surface area (Å²) >= 11 is 0. The number of rotatable bonds is 2. The lowest BCUT2D eigenvalue weighted by atomic mass is 9.81. The number of benzene rings is 1. The second-order valence-corrected chi connectivity index (χ2v) is 7.30. The van der Waals surface area contributed by atoms with Crippen molar-refractivity contribution in [1.29, 1.82) is 0 Å². The van der Waals surface area contributed by atoms with Crippen LogP contribution >= 0.6 is 0 Å². The molecule has 2 fully saturated rings. The van der Waals surface area contributed by atoms with Gasteiger partial charge in [-0.05, 0) is 19.0 Å². The fourth-order valence-corrected chi connectivity index (χ4v) is 4.50. The molecule has 0 saturated carbocycles. The highest BCUT2D eigenvalue weighted by atomic mass is 16.3. The second-order valence-electron chi connectivity index (χ2n) is 7.30. The third-order valence-corrected chi connectivity index (χ3v) is 5.80. The molecule has 26 heavy (non-hydrogen) atoms. The van der Waals surface area contributed by atoms with E-state index in [1.54, 1.807) is 6.20 Å². The Bertz CT molecular complexity index is 755. The maximum absolute atomic E-state index is 12.8. The first-order valence-electron chi connectivity index (χ1n) is 9.13. The van der Waals surface area contributed by atoms with Gasteiger partial charge < -0.3 is 14.9 Å². The van der Waals surface area contributed by atoms with Crippen LogP contribution in [0.15, 0.2) is 48.9 Å². The number of likely N-dealkylation sites (N-methyl/N-ethyl adjacent to an activating group) is 1. The van der Waals surface area contributed by atoms with Crippen LogP contribution in [0.4, 0.5) is 0 Å². The van der Waals surface area contributed by atoms with Gasteiger partial charge in [-0.25, -0.2) is 4.98 Å². The van der Waals surface area contributed by atoms with E-state index >= 15 is 0 Å². The monoisotopic (exact) mass is 352 g/mol. The summed E-state index contributed by atoms with van der Waals surface area (Å²) in [6.07, 6.45) is 4.77. The molecule has 2 saturated heterocycles. The molecule has 1 N–H and O–H groups in total. The summed E-state index contributed by atoms with van der Waals surface area (Å²) < 4.78 is 0. The molecule has 4 atom stereocenters. The zero-order chi connectivity index (χ0) is 18.1. The molecule has 0 radical (unpaired) electrons. The van der Waals surface area contributed by atoms with Gasteiger partial charge >= 0.3 is 0 Å². The maximum Gasteiger partial charge on any atom is 0.274 e. The molecule has 0 bridgehead atoms. The Balaban J connectivity index is 1.59. The number of hydrogen-bond acceptors (Lipinski definition) is 5. The lowest BCUT2D eigenvalue weighted by molar-refractivity contribution is 0.0717. The number of amides is 1. The van der Waals surface area contributed by atoms with Gasteiger partial charge in [0.05, 0.1) is 12.3 Å². The van der Waals surface area contributed by atoms with Crippen LogP contribution in [0, 0.1) is 5.92 Å². The summed E-state index contributed by atoms with van der Waals surface area (Å²) in [5.41, 5.74) is 1.63. The van der Waals surface area contributed by atoms with Gasteiger partial charge in [-0.2, -0.15) is 0 Å². The van der Waals surface area contributed by atoms with E-state index in [2.05, 4.69) is 46.2 Å². The number of carbonyl (C=O) groups excluding carboxylic acids is 1. The van der Waals surface area contributed by atoms with Crippen molar-refractivity contribution in [3.63, 3.8) is 0 Å². The molecular weight excluding hydrogens is 328 g/mol. The first kappa shape index (κ1) is 17.1. The van der Waals surface area contributed by atoms with Crippen molar-refractivity contribution in [2.75, 3.05) is 26.7 Å². The molecule has 136 valence electrons. The van der Waals surface area contributed by atoms with E-state index in [9.17, 15) is 9.90 Å². The largest absolute Gasteiger partial charge is 0.393 e. The molecule has 6 heteroatoms. The molecule has 1 aromatic heterocycles. The van der Waals surface area contributed by atoms with Crippen LogP contribution in [0.5, 0.6) is 0 Å². The number of carbonyl (C=O) groups is 1. The van der Waals surface area contributed by atoms with Gasteiger partial charge in [-0.3, -0.25) is 9.78 Å². The zero-order valence-electron chi connectivity index (χ0n) is 14.9. The van der Waals surface area contributed by atoms with Gasteiger partial charge in [-0.15, -0.1) is 0 Å². The minimum absolute atomic E-state index is 0.109. The van der Waals surface area contributed by atoms with Crippen LogP contribution < -0.4 is 0 Å². The number of nitrogens with zero attached hydrogens (tertiary/aromatic N) is 4. The number of aliphatic hydroxyl groups is 1. The number of aromatic nitrogens is 2. The summed E-state index contributed by atoms with van der Waals surface area (Å²) in [6, 6.07) is 10.5. The molecule has 1 aromatic carbocycles. The van der Waals surface area contributed by atoms with Crippen molar-refractivity contribution in [2.24, 2.45) is 5.92 Å². The minimum atomic E-state index is -0.421. The van der Waals surface area contributed by atoms with E-state index in [1.807, 2.05) is 11.0 Å². The van der Waals surface area contributed by atoms with Crippen molar-refractivity contribution in [3.05, 3.63) is 60.2 Å². The van der Waals surface area contributed by atoms with E-state index in [4.69, 9.17) is 0 Å². The molecule has 6 nitrogen and oxygen atoms in total. The Morgan fingerprint density at radius 3 is 2.73 bits per heavy atom. The predicted molar refractivity (Wildman–Crippen MR) is 97.7 cm³/mol. The van der Waals surface area contributed by atoms with Gasteiger partial charge in [0.15, 0.2) is 0 Å². The smallest absolute Gasteiger partial charge is 0.274 e. The summed E-state index contributed by atoms with van der Waals surface area (Å²) in [7, 11) is 2.09. The Kier molecular flexibility index (Phi) is 4.70. The van der Waals surface area contributed by atoms with Gasteiger partial charge in [0.25, 0.3) is 5.91 Å². The van der Waals surface area contributed by atoms with Crippen molar-refractivity contribution in [1.82, 2.24) is 19.8 Å². The molecular formula is C20H24N4O2. The van der Waals surface area contributed by atoms with Crippen LogP contribution in [-0.2, 0) is 0 Å². The van der Waals surface area contributed by atoms with Crippen molar-refractivity contribution in [3.8, 4) is 0 Å². The molecule has 1 amide bonds. The highest BCUT2D eigenvalue weighted by molar-refractivity contribution is 5.92. The number of aliphatic hydroxyl groups excluding tert-OH is 1. The topological polar surface area (TPSA) is 69.6 Å². The van der Waals surface area contributed by atoms with Gasteiger partial charge in [-0.1, -0.05) is 30.3 Å². The Morgan fingerprint density at radius 2 is 2.00 bits per heavy atom. The SMILES string of the molecule is CN1C[C@@H](c2ccccc2)[C@@H]2[C@H](O)CCN(C(=O)c3cnccn3)C[C@H]21. The first-order valence-corrected chi connectivity index (χ1v) is 9.13. The van der Waals surface area contributed by atoms with Gasteiger partial charge in [0.2, 0.25) is 0 Å². The number of fused-ring (bicyclic) bond motifs is 1. The quantitative estimate of drug-likeness (QED) is 0.885. The highest BCUT2D eigenvalue weighted by Gasteiger charge is 2.47. The van der Waals surface area contributed by atoms with E-state index in [0.717, 1.165) is 6.54 Å². The number of hydrogen-bond donors (Lipinski definition) is 1. The van der Waals surface area contributed by atoms with E-state index in [1.165, 1.54) is 18.0 Å². The average Bonchev–Trinajstić information content (AvgIpc) is 2.91. The van der Waals surface area contributed by atoms with Crippen molar-refractivity contribution < 1.29 is 9.90 Å². The van der Waals surface area contributed by atoms with E-state index in [-0.39, 0.29) is 23.8 Å². The van der Waals surface area contributed by atoms with Crippen molar-refractivity contribution >= 4 is 5.91 Å². The summed E-state index contributed by atoms with van der Waals surface area (Å²) in [6.45, 7) is 2.04. The highest BCUT2D eigenvalue weighted by Crippen LogP contribution is 2.41. The molecule has 0 aliphatic carbocycles. The molecule has 2 aliphatic heterocycles. The van der Waals surface area contributed by atoms with Crippen LogP contribution in [-0.4, -0.2) is 69.6 Å². The fourth-order valence-electron chi connectivity index (χ4n) is 4.50. The normalized spacial score (nSPS) is 29.2. The third-order valence-electron chi connectivity index (χ3n) is 5.80. The Labute approximate surface area is 153 Å². The van der Waals surface area contributed by atoms with Gasteiger partial charge in [0, 0.05) is 49.9 Å². The maximum atomic E-state index is 12.8. The zero-order valence-corrected chi connectivity index (χ0v) is 14.9. The van der Waals surface area contributed by atoms with Crippen LogP contribution in [0.3, 0.4) is 0 Å². The van der Waals surface area contributed by atoms with Crippen molar-refractivity contribution in [2.45, 2.75) is 24.5 Å². The molecule has 3 heterocycles. The summed E-state index contributed by atoms with van der Waals surface area (Å²) in [5.74, 6) is 0.303. The summed E-state index contributed by atoms with van der Waals surface area (Å²) in [5, 5.41) is 10.9. The predicted octanol–water partition coefficient (Wildman–Crippen LogP) is 1.40. The molecule has 4 rings (SSSR count). The molecule has 2 aliphatic rings. The van der Waals surface area contributed by atoms with Crippen LogP contribution in [0.1, 0.15) is 28.4 Å². The molecule has 0 spiro atoms. The fraction of sp³-hybridized carbons (Fsp3) is 0.450. The molecule has 0 unspecified atom stereocenters. The third kappa shape index (κ3) is 3.10. The lowest BCUT2D eigenvalue weighted by Gasteiger charge is -2.29. The summed E-state index contributed by atoms with van der Waals surface area (Å²) in [4.78, 5) is 25.1. The second kappa shape index (κ2) is 7.13.